The van der Waals surface area contributed by atoms with Crippen molar-refractivity contribution in [1.82, 2.24) is 19.6 Å². The van der Waals surface area contributed by atoms with Crippen molar-refractivity contribution in [1.29, 1.82) is 0 Å². The molecule has 61 heavy (non-hydrogen) atoms. The van der Waals surface area contributed by atoms with E-state index >= 15 is 0 Å². The summed E-state index contributed by atoms with van der Waals surface area (Å²) in [6.45, 7) is 0. The van der Waals surface area contributed by atoms with E-state index in [1.807, 2.05) is 36.4 Å². The second-order valence-corrected chi connectivity index (χ2v) is 15.2. The molecule has 0 amide bonds. The highest BCUT2D eigenvalue weighted by atomic mass is 15.2. The lowest BCUT2D eigenvalue weighted by molar-refractivity contribution is 0.979. The molecule has 0 radical (unpaired) electrons. The van der Waals surface area contributed by atoms with Gasteiger partial charge in [0, 0.05) is 38.8 Å². The van der Waals surface area contributed by atoms with Gasteiger partial charge in [-0.3, -0.25) is 0 Å². The Morgan fingerprint density at radius 3 is 1.41 bits per heavy atom. The first-order valence-electron chi connectivity index (χ1n) is 20.6. The predicted octanol–water partition coefficient (Wildman–Crippen LogP) is 14.6. The molecule has 4 heteroatoms. The Morgan fingerprint density at radius 2 is 0.803 bits per heavy atom. The second kappa shape index (κ2) is 15.5. The van der Waals surface area contributed by atoms with E-state index in [9.17, 15) is 0 Å². The quantitative estimate of drug-likeness (QED) is 0.154. The van der Waals surface area contributed by atoms with Gasteiger partial charge in [-0.2, -0.15) is 5.10 Å². The van der Waals surface area contributed by atoms with Gasteiger partial charge in [0.15, 0.2) is 5.82 Å². The van der Waals surface area contributed by atoms with Crippen LogP contribution in [0, 0.1) is 0 Å². The summed E-state index contributed by atoms with van der Waals surface area (Å²) >= 11 is 0. The summed E-state index contributed by atoms with van der Waals surface area (Å²) in [5.41, 5.74) is 17.0. The molecule has 0 bridgehead atoms. The molecule has 8 aromatic carbocycles. The van der Waals surface area contributed by atoms with Crippen molar-refractivity contribution in [2.75, 3.05) is 0 Å². The molecule has 3 heterocycles. The van der Waals surface area contributed by atoms with Crippen molar-refractivity contribution in [2.24, 2.45) is 0 Å². The van der Waals surface area contributed by atoms with Crippen LogP contribution in [0.1, 0.15) is 0 Å². The van der Waals surface area contributed by atoms with E-state index in [1.54, 1.807) is 0 Å². The Kier molecular flexibility index (Phi) is 9.14. The van der Waals surface area contributed by atoms with Crippen LogP contribution in [0.5, 0.6) is 0 Å². The van der Waals surface area contributed by atoms with Crippen molar-refractivity contribution in [3.63, 3.8) is 0 Å². The van der Waals surface area contributed by atoms with E-state index in [4.69, 9.17) is 15.1 Å². The Hall–Kier alpha value is -8.21. The number of hydrogen-bond donors (Lipinski definition) is 0. The molecular weight excluding hydrogens is 741 g/mol. The molecule has 0 aliphatic rings. The van der Waals surface area contributed by atoms with Gasteiger partial charge >= 0.3 is 0 Å². The van der Waals surface area contributed by atoms with Crippen molar-refractivity contribution >= 4 is 16.3 Å². The highest BCUT2D eigenvalue weighted by molar-refractivity contribution is 6.12. The molecule has 11 rings (SSSR count). The molecule has 286 valence electrons. The van der Waals surface area contributed by atoms with Gasteiger partial charge in [0.1, 0.15) is 5.69 Å². The average Bonchev–Trinajstić information content (AvgIpc) is 3.76. The van der Waals surface area contributed by atoms with Gasteiger partial charge in [0.2, 0.25) is 0 Å². The third-order valence-electron chi connectivity index (χ3n) is 11.5. The maximum Gasteiger partial charge on any atom is 0.160 e. The van der Waals surface area contributed by atoms with Gasteiger partial charge in [0.05, 0.1) is 22.6 Å². The van der Waals surface area contributed by atoms with Crippen LogP contribution >= 0.6 is 0 Å². The fourth-order valence-corrected chi connectivity index (χ4v) is 8.48. The number of pyridine rings is 1. The summed E-state index contributed by atoms with van der Waals surface area (Å²) in [6.07, 6.45) is 0. The number of aromatic nitrogens is 4. The second-order valence-electron chi connectivity index (χ2n) is 15.2. The molecule has 0 atom stereocenters. The van der Waals surface area contributed by atoms with Gasteiger partial charge < -0.3 is 0 Å². The number of hydrogen-bond acceptors (Lipinski definition) is 3. The molecule has 4 nitrogen and oxygen atoms in total. The van der Waals surface area contributed by atoms with Crippen molar-refractivity contribution < 1.29 is 0 Å². The van der Waals surface area contributed by atoms with Crippen LogP contribution in [0.3, 0.4) is 0 Å². The van der Waals surface area contributed by atoms with Crippen LogP contribution in [0.15, 0.2) is 231 Å². The van der Waals surface area contributed by atoms with Gasteiger partial charge in [-0.05, 0) is 51.4 Å². The highest BCUT2D eigenvalue weighted by Gasteiger charge is 2.22. The SMILES string of the molecule is c1ccc(-c2cc(-c3ccccc3)nc(-c3ccc(-c4cccc(-c5cccc6c5cc(-c5ccccc5)n5nc(-c7ccccc7)c(-c7ccccc7)c65)c4)cc3)n2)cc1. The average molecular weight is 779 g/mol. The summed E-state index contributed by atoms with van der Waals surface area (Å²) < 4.78 is 2.16. The molecular formula is C57H38N4. The minimum absolute atomic E-state index is 0.696. The minimum atomic E-state index is 0.696. The van der Waals surface area contributed by atoms with E-state index in [-0.39, 0.29) is 0 Å². The highest BCUT2D eigenvalue weighted by Crippen LogP contribution is 2.43. The normalized spacial score (nSPS) is 11.3. The summed E-state index contributed by atoms with van der Waals surface area (Å²) in [4.78, 5) is 10.1. The van der Waals surface area contributed by atoms with Crippen LogP contribution in [0.25, 0.3) is 106 Å². The first kappa shape index (κ1) is 35.9. The first-order chi connectivity index (χ1) is 30.2. The van der Waals surface area contributed by atoms with E-state index in [0.29, 0.717) is 5.82 Å². The largest absolute Gasteiger partial charge is 0.231 e. The Labute approximate surface area is 354 Å². The molecule has 0 saturated heterocycles. The number of rotatable bonds is 8. The molecule has 0 spiro atoms. The van der Waals surface area contributed by atoms with E-state index in [1.165, 1.54) is 5.39 Å². The minimum Gasteiger partial charge on any atom is -0.231 e. The van der Waals surface area contributed by atoms with E-state index < -0.39 is 0 Å². The zero-order chi connectivity index (χ0) is 40.5. The van der Waals surface area contributed by atoms with Crippen LogP contribution in [0.4, 0.5) is 0 Å². The zero-order valence-electron chi connectivity index (χ0n) is 33.2. The van der Waals surface area contributed by atoms with E-state index in [0.717, 1.165) is 94.9 Å². The summed E-state index contributed by atoms with van der Waals surface area (Å²) in [5, 5.41) is 7.73. The Morgan fingerprint density at radius 1 is 0.311 bits per heavy atom. The molecule has 0 N–H and O–H groups in total. The topological polar surface area (TPSA) is 43.1 Å². The molecule has 0 fully saturated rings. The number of nitrogens with zero attached hydrogens (tertiary/aromatic N) is 4. The molecule has 0 unspecified atom stereocenters. The number of benzene rings is 8. The van der Waals surface area contributed by atoms with Crippen LogP contribution in [-0.2, 0) is 0 Å². The third kappa shape index (κ3) is 6.76. The van der Waals surface area contributed by atoms with Gasteiger partial charge in [-0.25, -0.2) is 14.5 Å². The Balaban J connectivity index is 1.04. The Bertz CT molecular complexity index is 3250. The van der Waals surface area contributed by atoms with Gasteiger partial charge in [-0.15, -0.1) is 0 Å². The summed E-state index contributed by atoms with van der Waals surface area (Å²) in [5.74, 6) is 0.696. The van der Waals surface area contributed by atoms with Crippen LogP contribution in [0.2, 0.25) is 0 Å². The standard InChI is InChI=1S/C57H38N4/c1-6-18-40(19-7-1)51-38-52(41-20-8-2-9-21-41)59-57(58-51)45-34-32-39(33-35-45)46-28-16-29-47(36-46)48-30-17-31-49-50(48)37-53(42-22-10-3-11-23-42)61-56(49)54(43-24-12-4-13-25-43)55(60-61)44-26-14-5-15-27-44/h1-38H. The maximum absolute atomic E-state index is 5.42. The summed E-state index contributed by atoms with van der Waals surface area (Å²) in [6, 6.07) is 81.0. The van der Waals surface area contributed by atoms with Crippen molar-refractivity contribution in [3.8, 4) is 89.8 Å². The number of fused-ring (bicyclic) bond motifs is 3. The third-order valence-corrected chi connectivity index (χ3v) is 11.5. The lowest BCUT2D eigenvalue weighted by Gasteiger charge is -2.14. The zero-order valence-corrected chi connectivity index (χ0v) is 33.2. The summed E-state index contributed by atoms with van der Waals surface area (Å²) in [7, 11) is 0. The molecule has 3 aromatic heterocycles. The first-order valence-corrected chi connectivity index (χ1v) is 20.6. The maximum atomic E-state index is 5.42. The van der Waals surface area contributed by atoms with Crippen molar-refractivity contribution in [2.45, 2.75) is 0 Å². The smallest absolute Gasteiger partial charge is 0.160 e. The molecule has 0 aliphatic carbocycles. The lowest BCUT2D eigenvalue weighted by atomic mass is 9.92. The van der Waals surface area contributed by atoms with Gasteiger partial charge in [-0.1, -0.05) is 212 Å². The molecule has 0 aliphatic heterocycles. The predicted molar refractivity (Wildman–Crippen MR) is 252 cm³/mol. The van der Waals surface area contributed by atoms with Crippen molar-refractivity contribution in [3.05, 3.63) is 231 Å². The van der Waals surface area contributed by atoms with Gasteiger partial charge in [0.25, 0.3) is 0 Å². The molecule has 0 saturated carbocycles. The monoisotopic (exact) mass is 778 g/mol. The molecule has 11 aromatic rings. The lowest BCUT2D eigenvalue weighted by Crippen LogP contribution is -1.97. The van der Waals surface area contributed by atoms with Crippen LogP contribution < -0.4 is 0 Å². The van der Waals surface area contributed by atoms with E-state index in [2.05, 4.69) is 199 Å². The van der Waals surface area contributed by atoms with Crippen LogP contribution in [-0.4, -0.2) is 19.6 Å². The fourth-order valence-electron chi connectivity index (χ4n) is 8.48. The fraction of sp³-hybridized carbons (Fsp3) is 0.